The average molecular weight is 286 g/mol. The second-order valence-electron chi connectivity index (χ2n) is 6.02. The molecule has 116 valence electrons. The quantitative estimate of drug-likeness (QED) is 0.669. The largest absolute Gasteiger partial charge is 0.301 e. The lowest BCUT2D eigenvalue weighted by atomic mass is 10.2. The molecule has 2 heteroatoms. The molecular formula is C19H30N2. The summed E-state index contributed by atoms with van der Waals surface area (Å²) in [5.74, 6) is 0. The molecule has 2 rings (SSSR count). The van der Waals surface area contributed by atoms with Crippen LogP contribution in [0.2, 0.25) is 0 Å². The van der Waals surface area contributed by atoms with E-state index < -0.39 is 0 Å². The van der Waals surface area contributed by atoms with Crippen LogP contribution < -0.4 is 0 Å². The molecule has 0 N–H and O–H groups in total. The molecule has 1 aliphatic rings. The Balaban J connectivity index is 1.60. The maximum atomic E-state index is 2.63. The highest BCUT2D eigenvalue weighted by Crippen LogP contribution is 2.07. The highest BCUT2D eigenvalue weighted by molar-refractivity contribution is 5.48. The van der Waals surface area contributed by atoms with Crippen molar-refractivity contribution in [3.05, 3.63) is 42.0 Å². The van der Waals surface area contributed by atoms with Gasteiger partial charge in [0.15, 0.2) is 0 Å². The van der Waals surface area contributed by atoms with Crippen LogP contribution in [0.5, 0.6) is 0 Å². The van der Waals surface area contributed by atoms with Gasteiger partial charge in [-0.25, -0.2) is 0 Å². The Labute approximate surface area is 130 Å². The first-order valence-electron chi connectivity index (χ1n) is 8.55. The number of piperazine rings is 1. The summed E-state index contributed by atoms with van der Waals surface area (Å²) in [6.45, 7) is 9.57. The Bertz CT molecular complexity index is 391. The van der Waals surface area contributed by atoms with Gasteiger partial charge in [0.05, 0.1) is 0 Å². The first-order valence-corrected chi connectivity index (χ1v) is 8.55. The highest BCUT2D eigenvalue weighted by atomic mass is 15.3. The Kier molecular flexibility index (Phi) is 7.55. The number of hydrogen-bond acceptors (Lipinski definition) is 2. The van der Waals surface area contributed by atoms with Gasteiger partial charge in [0, 0.05) is 32.7 Å². The number of unbranched alkanes of at least 4 members (excludes halogenated alkanes) is 3. The van der Waals surface area contributed by atoms with Crippen LogP contribution in [0, 0.1) is 0 Å². The summed E-state index contributed by atoms with van der Waals surface area (Å²) in [5, 5.41) is 0. The van der Waals surface area contributed by atoms with Crippen molar-refractivity contribution < 1.29 is 0 Å². The van der Waals surface area contributed by atoms with Gasteiger partial charge in [-0.1, -0.05) is 68.7 Å². The molecule has 1 heterocycles. The van der Waals surface area contributed by atoms with Crippen molar-refractivity contribution in [3.8, 4) is 0 Å². The maximum absolute atomic E-state index is 2.63. The highest BCUT2D eigenvalue weighted by Gasteiger charge is 2.14. The predicted molar refractivity (Wildman–Crippen MR) is 92.5 cm³/mol. The summed E-state index contributed by atoms with van der Waals surface area (Å²) in [5.41, 5.74) is 1.30. The normalized spacial score (nSPS) is 17.6. The van der Waals surface area contributed by atoms with Gasteiger partial charge in [0.1, 0.15) is 0 Å². The van der Waals surface area contributed by atoms with Gasteiger partial charge < -0.3 is 4.90 Å². The minimum absolute atomic E-state index is 1.08. The second-order valence-corrected chi connectivity index (χ2v) is 6.02. The molecule has 0 radical (unpaired) electrons. The van der Waals surface area contributed by atoms with Crippen molar-refractivity contribution >= 4 is 6.08 Å². The van der Waals surface area contributed by atoms with E-state index in [-0.39, 0.29) is 0 Å². The standard InChI is InChI=1S/C19H30N2/c1-2-3-4-8-13-20-15-17-21(18-16-20)14-9-12-19-10-6-5-7-11-19/h5-7,9-12H,2-4,8,13-18H2,1H3. The molecule has 1 aromatic carbocycles. The molecular weight excluding hydrogens is 256 g/mol. The van der Waals surface area contributed by atoms with Gasteiger partial charge >= 0.3 is 0 Å². The van der Waals surface area contributed by atoms with Crippen molar-refractivity contribution in [2.45, 2.75) is 32.6 Å². The number of rotatable bonds is 8. The summed E-state index contributed by atoms with van der Waals surface area (Å²) in [6, 6.07) is 10.6. The van der Waals surface area contributed by atoms with Crippen LogP contribution in [0.3, 0.4) is 0 Å². The van der Waals surface area contributed by atoms with E-state index >= 15 is 0 Å². The maximum Gasteiger partial charge on any atom is 0.0167 e. The summed E-state index contributed by atoms with van der Waals surface area (Å²) in [7, 11) is 0. The van der Waals surface area contributed by atoms with Crippen LogP contribution in [-0.2, 0) is 0 Å². The van der Waals surface area contributed by atoms with Crippen LogP contribution in [0.1, 0.15) is 38.2 Å². The Morgan fingerprint density at radius 2 is 1.62 bits per heavy atom. The lowest BCUT2D eigenvalue weighted by molar-refractivity contribution is 0.141. The molecule has 1 saturated heterocycles. The van der Waals surface area contributed by atoms with Gasteiger partial charge in [0.25, 0.3) is 0 Å². The van der Waals surface area contributed by atoms with Gasteiger partial charge in [-0.05, 0) is 18.5 Å². The van der Waals surface area contributed by atoms with Crippen molar-refractivity contribution in [1.29, 1.82) is 0 Å². The minimum atomic E-state index is 1.08. The van der Waals surface area contributed by atoms with Gasteiger partial charge in [-0.3, -0.25) is 4.90 Å². The zero-order valence-electron chi connectivity index (χ0n) is 13.5. The summed E-state index contributed by atoms with van der Waals surface area (Å²) < 4.78 is 0. The van der Waals surface area contributed by atoms with Crippen molar-refractivity contribution in [3.63, 3.8) is 0 Å². The van der Waals surface area contributed by atoms with Crippen LogP contribution in [0.25, 0.3) is 6.08 Å². The molecule has 1 aromatic rings. The van der Waals surface area contributed by atoms with Gasteiger partial charge in [-0.2, -0.15) is 0 Å². The average Bonchev–Trinajstić information content (AvgIpc) is 2.54. The van der Waals surface area contributed by atoms with E-state index in [1.165, 1.54) is 64.0 Å². The van der Waals surface area contributed by atoms with E-state index in [2.05, 4.69) is 59.2 Å². The summed E-state index contributed by atoms with van der Waals surface area (Å²) in [6.07, 6.45) is 10.0. The van der Waals surface area contributed by atoms with Crippen LogP contribution in [-0.4, -0.2) is 49.1 Å². The van der Waals surface area contributed by atoms with Crippen LogP contribution in [0.15, 0.2) is 36.4 Å². The molecule has 0 saturated carbocycles. The van der Waals surface area contributed by atoms with E-state index in [9.17, 15) is 0 Å². The fourth-order valence-electron chi connectivity index (χ4n) is 2.86. The van der Waals surface area contributed by atoms with Crippen LogP contribution in [0.4, 0.5) is 0 Å². The SMILES string of the molecule is CCCCCCN1CCN(CC=Cc2ccccc2)CC1. The van der Waals surface area contributed by atoms with Gasteiger partial charge in [-0.15, -0.1) is 0 Å². The lowest BCUT2D eigenvalue weighted by Crippen LogP contribution is -2.46. The number of nitrogens with zero attached hydrogens (tertiary/aromatic N) is 2. The Hall–Kier alpha value is -1.12. The first kappa shape index (κ1) is 16.3. The molecule has 2 nitrogen and oxygen atoms in total. The number of hydrogen-bond donors (Lipinski definition) is 0. The van der Waals surface area contributed by atoms with Crippen LogP contribution >= 0.6 is 0 Å². The number of benzene rings is 1. The third-order valence-electron chi connectivity index (χ3n) is 4.27. The summed E-state index contributed by atoms with van der Waals surface area (Å²) >= 11 is 0. The van der Waals surface area contributed by atoms with E-state index in [1.54, 1.807) is 0 Å². The molecule has 0 bridgehead atoms. The van der Waals surface area contributed by atoms with E-state index in [1.807, 2.05) is 0 Å². The smallest absolute Gasteiger partial charge is 0.0167 e. The first-order chi connectivity index (χ1) is 10.4. The van der Waals surface area contributed by atoms with E-state index in [0.29, 0.717) is 0 Å². The lowest BCUT2D eigenvalue weighted by Gasteiger charge is -2.34. The molecule has 0 aliphatic carbocycles. The minimum Gasteiger partial charge on any atom is -0.301 e. The Morgan fingerprint density at radius 3 is 2.33 bits per heavy atom. The third kappa shape index (κ3) is 6.45. The van der Waals surface area contributed by atoms with Crippen molar-refractivity contribution in [1.82, 2.24) is 9.80 Å². The van der Waals surface area contributed by atoms with Crippen molar-refractivity contribution in [2.24, 2.45) is 0 Å². The summed E-state index contributed by atoms with van der Waals surface area (Å²) in [4.78, 5) is 5.19. The van der Waals surface area contributed by atoms with Crippen molar-refractivity contribution in [2.75, 3.05) is 39.3 Å². The molecule has 1 aliphatic heterocycles. The third-order valence-corrected chi connectivity index (χ3v) is 4.27. The molecule has 0 aromatic heterocycles. The zero-order valence-corrected chi connectivity index (χ0v) is 13.5. The molecule has 1 fully saturated rings. The molecule has 21 heavy (non-hydrogen) atoms. The molecule has 0 spiro atoms. The predicted octanol–water partition coefficient (Wildman–Crippen LogP) is 3.90. The monoisotopic (exact) mass is 286 g/mol. The second kappa shape index (κ2) is 9.75. The molecule has 0 unspecified atom stereocenters. The molecule has 0 amide bonds. The topological polar surface area (TPSA) is 6.48 Å². The fraction of sp³-hybridized carbons (Fsp3) is 0.579. The fourth-order valence-corrected chi connectivity index (χ4v) is 2.86. The van der Waals surface area contributed by atoms with E-state index in [4.69, 9.17) is 0 Å². The van der Waals surface area contributed by atoms with E-state index in [0.717, 1.165) is 6.54 Å². The van der Waals surface area contributed by atoms with Gasteiger partial charge in [0.2, 0.25) is 0 Å². The molecule has 0 atom stereocenters. The zero-order chi connectivity index (χ0) is 14.8. The Morgan fingerprint density at radius 1 is 0.905 bits per heavy atom.